The smallest absolute Gasteiger partial charge is 0.334 e. The van der Waals surface area contributed by atoms with E-state index in [9.17, 15) is 14.9 Å². The van der Waals surface area contributed by atoms with Crippen LogP contribution in [0, 0.1) is 10.1 Å². The molecule has 0 bridgehead atoms. The quantitative estimate of drug-likeness (QED) is 0.475. The van der Waals surface area contributed by atoms with Crippen LogP contribution in [0.15, 0.2) is 30.4 Å². The second-order valence-electron chi connectivity index (χ2n) is 3.61. The second kappa shape index (κ2) is 5.81. The number of benzene rings is 1. The van der Waals surface area contributed by atoms with Crippen LogP contribution in [-0.4, -0.2) is 22.6 Å². The van der Waals surface area contributed by atoms with Crippen molar-refractivity contribution in [1.29, 1.82) is 0 Å². The predicted octanol–water partition coefficient (Wildman–Crippen LogP) is 2.18. The Morgan fingerprint density at radius 1 is 1.56 bits per heavy atom. The molecule has 0 aromatic heterocycles. The van der Waals surface area contributed by atoms with E-state index in [4.69, 9.17) is 9.84 Å². The zero-order chi connectivity index (χ0) is 13.7. The maximum absolute atomic E-state index is 10.9. The molecule has 0 aliphatic heterocycles. The van der Waals surface area contributed by atoms with Crippen LogP contribution in [0.3, 0.4) is 0 Å². The van der Waals surface area contributed by atoms with Crippen molar-refractivity contribution >= 4 is 11.7 Å². The fraction of sp³-hybridized carbons (Fsp3) is 0.250. The van der Waals surface area contributed by atoms with Crippen LogP contribution >= 0.6 is 0 Å². The van der Waals surface area contributed by atoms with Crippen LogP contribution in [0.25, 0.3) is 0 Å². The summed E-state index contributed by atoms with van der Waals surface area (Å²) in [6.45, 7) is 4.87. The molecule has 6 nitrogen and oxygen atoms in total. The molecule has 96 valence electrons. The topological polar surface area (TPSA) is 89.7 Å². The maximum Gasteiger partial charge on any atom is 0.334 e. The number of aliphatic carboxylic acids is 1. The van der Waals surface area contributed by atoms with Crippen molar-refractivity contribution in [1.82, 2.24) is 0 Å². The summed E-state index contributed by atoms with van der Waals surface area (Å²) in [6, 6.07) is 4.58. The second-order valence-corrected chi connectivity index (χ2v) is 3.61. The van der Waals surface area contributed by atoms with Gasteiger partial charge in [-0.2, -0.15) is 0 Å². The summed E-state index contributed by atoms with van der Waals surface area (Å²) in [7, 11) is 0. The molecule has 18 heavy (non-hydrogen) atoms. The van der Waals surface area contributed by atoms with Gasteiger partial charge in [0.15, 0.2) is 5.75 Å². The van der Waals surface area contributed by atoms with Crippen LogP contribution < -0.4 is 4.74 Å². The van der Waals surface area contributed by atoms with Gasteiger partial charge in [0, 0.05) is 6.07 Å². The third-order valence-corrected chi connectivity index (χ3v) is 2.33. The van der Waals surface area contributed by atoms with Gasteiger partial charge in [0.2, 0.25) is 0 Å². The van der Waals surface area contributed by atoms with Crippen LogP contribution in [0.2, 0.25) is 0 Å². The Bertz CT molecular complexity index is 495. The van der Waals surface area contributed by atoms with E-state index in [1.165, 1.54) is 12.1 Å². The summed E-state index contributed by atoms with van der Waals surface area (Å²) >= 11 is 0. The molecule has 0 saturated heterocycles. The molecule has 0 unspecified atom stereocenters. The summed E-state index contributed by atoms with van der Waals surface area (Å²) in [5, 5.41) is 19.5. The highest BCUT2D eigenvalue weighted by Gasteiger charge is 2.16. The molecule has 6 heteroatoms. The molecule has 0 spiro atoms. The molecule has 0 atom stereocenters. The van der Waals surface area contributed by atoms with Gasteiger partial charge in [-0.1, -0.05) is 19.6 Å². The fourth-order valence-electron chi connectivity index (χ4n) is 1.27. The van der Waals surface area contributed by atoms with Crippen molar-refractivity contribution in [2.45, 2.75) is 13.3 Å². The summed E-state index contributed by atoms with van der Waals surface area (Å²) < 4.78 is 5.10. The molecular formula is C12H13NO5. The van der Waals surface area contributed by atoms with Crippen molar-refractivity contribution in [3.8, 4) is 5.75 Å². The molecular weight excluding hydrogens is 238 g/mol. The highest BCUT2D eigenvalue weighted by Crippen LogP contribution is 2.28. The normalized spacial score (nSPS) is 9.83. The standard InChI is InChI=1S/C12H13NO5/c1-3-9-4-5-11(10(6-9)13(16)17)18-7-8(2)12(14)15/h4-6H,2-3,7H2,1H3,(H,14,15). The monoisotopic (exact) mass is 251 g/mol. The van der Waals surface area contributed by atoms with Gasteiger partial charge in [-0.15, -0.1) is 0 Å². The number of hydrogen-bond acceptors (Lipinski definition) is 4. The zero-order valence-electron chi connectivity index (χ0n) is 9.88. The molecule has 0 aliphatic carbocycles. The number of ether oxygens (including phenoxy) is 1. The van der Waals surface area contributed by atoms with E-state index in [2.05, 4.69) is 6.58 Å². The molecule has 1 aromatic carbocycles. The van der Waals surface area contributed by atoms with Gasteiger partial charge in [-0.25, -0.2) is 4.79 Å². The third-order valence-electron chi connectivity index (χ3n) is 2.33. The lowest BCUT2D eigenvalue weighted by Crippen LogP contribution is -2.09. The number of aryl methyl sites for hydroxylation is 1. The number of nitro benzene ring substituents is 1. The Morgan fingerprint density at radius 3 is 2.72 bits per heavy atom. The minimum Gasteiger partial charge on any atom is -0.482 e. The van der Waals surface area contributed by atoms with Crippen LogP contribution in [0.4, 0.5) is 5.69 Å². The number of nitro groups is 1. The molecule has 1 aromatic rings. The summed E-state index contributed by atoms with van der Waals surface area (Å²) in [5.74, 6) is -1.15. The van der Waals surface area contributed by atoms with Gasteiger partial charge in [0.1, 0.15) is 6.61 Å². The Morgan fingerprint density at radius 2 is 2.22 bits per heavy atom. The van der Waals surface area contributed by atoms with E-state index < -0.39 is 10.9 Å². The van der Waals surface area contributed by atoms with Gasteiger partial charge < -0.3 is 9.84 Å². The number of nitrogens with zero attached hydrogens (tertiary/aromatic N) is 1. The number of rotatable bonds is 6. The number of carbonyl (C=O) groups is 1. The first kappa shape index (κ1) is 13.7. The molecule has 0 aliphatic rings. The summed E-state index contributed by atoms with van der Waals surface area (Å²) in [5.41, 5.74) is 0.475. The van der Waals surface area contributed by atoms with Gasteiger partial charge in [-0.3, -0.25) is 10.1 Å². The molecule has 0 saturated carbocycles. The molecule has 1 rings (SSSR count). The maximum atomic E-state index is 10.9. The van der Waals surface area contributed by atoms with Crippen molar-refractivity contribution in [2.24, 2.45) is 0 Å². The molecule has 0 radical (unpaired) electrons. The van der Waals surface area contributed by atoms with Crippen molar-refractivity contribution < 1.29 is 19.6 Å². The first-order valence-corrected chi connectivity index (χ1v) is 5.27. The van der Waals surface area contributed by atoms with Crippen molar-refractivity contribution in [2.75, 3.05) is 6.61 Å². The minimum atomic E-state index is -1.19. The van der Waals surface area contributed by atoms with Crippen LogP contribution in [-0.2, 0) is 11.2 Å². The SMILES string of the molecule is C=C(COc1ccc(CC)cc1[N+](=O)[O-])C(=O)O. The van der Waals surface area contributed by atoms with E-state index in [0.717, 1.165) is 5.56 Å². The number of carboxylic acid groups (broad SMARTS) is 1. The molecule has 0 fully saturated rings. The van der Waals surface area contributed by atoms with E-state index in [1.54, 1.807) is 6.07 Å². The lowest BCUT2D eigenvalue weighted by molar-refractivity contribution is -0.385. The van der Waals surface area contributed by atoms with Crippen LogP contribution in [0.5, 0.6) is 5.75 Å². The first-order valence-electron chi connectivity index (χ1n) is 5.27. The highest BCUT2D eigenvalue weighted by molar-refractivity contribution is 5.86. The van der Waals surface area contributed by atoms with Gasteiger partial charge in [-0.05, 0) is 18.1 Å². The zero-order valence-corrected chi connectivity index (χ0v) is 9.88. The van der Waals surface area contributed by atoms with E-state index in [0.29, 0.717) is 6.42 Å². The van der Waals surface area contributed by atoms with E-state index in [1.807, 2.05) is 6.92 Å². The van der Waals surface area contributed by atoms with E-state index in [-0.39, 0.29) is 23.6 Å². The highest BCUT2D eigenvalue weighted by atomic mass is 16.6. The number of hydrogen-bond donors (Lipinski definition) is 1. The lowest BCUT2D eigenvalue weighted by Gasteiger charge is -2.07. The van der Waals surface area contributed by atoms with Gasteiger partial charge in [0.25, 0.3) is 0 Å². The molecule has 0 amide bonds. The minimum absolute atomic E-state index is 0.0413. The van der Waals surface area contributed by atoms with Crippen LogP contribution in [0.1, 0.15) is 12.5 Å². The summed E-state index contributed by atoms with van der Waals surface area (Å²) in [6.07, 6.45) is 0.670. The predicted molar refractivity (Wildman–Crippen MR) is 64.7 cm³/mol. The third kappa shape index (κ3) is 3.31. The Labute approximate surface area is 104 Å². The van der Waals surface area contributed by atoms with Crippen molar-refractivity contribution in [3.05, 3.63) is 46.0 Å². The molecule has 1 N–H and O–H groups in total. The molecule has 0 heterocycles. The lowest BCUT2D eigenvalue weighted by atomic mass is 10.1. The van der Waals surface area contributed by atoms with E-state index >= 15 is 0 Å². The summed E-state index contributed by atoms with van der Waals surface area (Å²) in [4.78, 5) is 20.8. The van der Waals surface area contributed by atoms with Gasteiger partial charge >= 0.3 is 11.7 Å². The Hall–Kier alpha value is -2.37. The fourth-order valence-corrected chi connectivity index (χ4v) is 1.27. The Kier molecular flexibility index (Phi) is 4.42. The largest absolute Gasteiger partial charge is 0.482 e. The first-order chi connectivity index (χ1) is 8.45. The Balaban J connectivity index is 2.91. The van der Waals surface area contributed by atoms with Gasteiger partial charge in [0.05, 0.1) is 10.5 Å². The van der Waals surface area contributed by atoms with Crippen molar-refractivity contribution in [3.63, 3.8) is 0 Å². The average Bonchev–Trinajstić information content (AvgIpc) is 2.35. The average molecular weight is 251 g/mol. The number of carboxylic acids is 1.